The van der Waals surface area contributed by atoms with Crippen LogP contribution in [0.25, 0.3) is 10.6 Å². The number of benzene rings is 2. The fourth-order valence-electron chi connectivity index (χ4n) is 3.04. The van der Waals surface area contributed by atoms with Crippen LogP contribution in [-0.2, 0) is 14.8 Å². The molecule has 0 aliphatic carbocycles. The Balaban J connectivity index is 1.54. The van der Waals surface area contributed by atoms with Crippen LogP contribution in [0.5, 0.6) is 5.75 Å². The number of carbonyl (C=O) groups excluding carboxylic acids is 1. The summed E-state index contributed by atoms with van der Waals surface area (Å²) in [5, 5.41) is 12.2. The van der Waals surface area contributed by atoms with Gasteiger partial charge in [0.2, 0.25) is 15.2 Å². The molecule has 1 amide bonds. The van der Waals surface area contributed by atoms with E-state index >= 15 is 0 Å². The van der Waals surface area contributed by atoms with E-state index in [1.165, 1.54) is 21.7 Å². The minimum absolute atomic E-state index is 0.0790. The van der Waals surface area contributed by atoms with Crippen molar-refractivity contribution >= 4 is 49.7 Å². The highest BCUT2D eigenvalue weighted by Gasteiger charge is 2.31. The Labute approximate surface area is 182 Å². The van der Waals surface area contributed by atoms with Crippen LogP contribution >= 0.6 is 22.9 Å². The number of nitrogens with zero attached hydrogens (tertiary/aromatic N) is 3. The zero-order valence-electron chi connectivity index (χ0n) is 15.8. The number of nitrogens with one attached hydrogen (secondary N) is 1. The van der Waals surface area contributed by atoms with E-state index in [-0.39, 0.29) is 18.7 Å². The first-order chi connectivity index (χ1) is 14.3. The van der Waals surface area contributed by atoms with Crippen molar-refractivity contribution in [2.45, 2.75) is 12.5 Å². The van der Waals surface area contributed by atoms with E-state index in [0.29, 0.717) is 20.8 Å². The SMILES string of the molecule is CS(=O)(=O)N1CC[C@@H](C(=O)Nc2nnc(-c3ccccc3)s2)Oc2ccc(Cl)cc21. The van der Waals surface area contributed by atoms with Crippen LogP contribution in [0.15, 0.2) is 48.5 Å². The van der Waals surface area contributed by atoms with Gasteiger partial charge >= 0.3 is 0 Å². The van der Waals surface area contributed by atoms with Crippen molar-refractivity contribution in [2.24, 2.45) is 0 Å². The summed E-state index contributed by atoms with van der Waals surface area (Å²) in [5.74, 6) is -0.160. The number of hydrogen-bond acceptors (Lipinski definition) is 7. The summed E-state index contributed by atoms with van der Waals surface area (Å²) in [6.45, 7) is 0.0790. The fourth-order valence-corrected chi connectivity index (χ4v) is 4.89. The van der Waals surface area contributed by atoms with E-state index < -0.39 is 22.0 Å². The van der Waals surface area contributed by atoms with Crippen LogP contribution in [0.1, 0.15) is 6.42 Å². The third-order valence-corrected chi connectivity index (χ3v) is 6.72. The largest absolute Gasteiger partial charge is 0.478 e. The first-order valence-corrected chi connectivity index (χ1v) is 12.0. The molecule has 0 bridgehead atoms. The topological polar surface area (TPSA) is 101 Å². The maximum Gasteiger partial charge on any atom is 0.267 e. The molecule has 0 saturated carbocycles. The van der Waals surface area contributed by atoms with Crippen molar-refractivity contribution in [2.75, 3.05) is 22.4 Å². The monoisotopic (exact) mass is 464 g/mol. The summed E-state index contributed by atoms with van der Waals surface area (Å²) in [6.07, 6.45) is 0.362. The first-order valence-electron chi connectivity index (χ1n) is 8.95. The van der Waals surface area contributed by atoms with Gasteiger partial charge in [0.25, 0.3) is 5.91 Å². The normalized spacial score (nSPS) is 16.3. The minimum atomic E-state index is -3.57. The van der Waals surface area contributed by atoms with Gasteiger partial charge in [-0.1, -0.05) is 53.3 Å². The lowest BCUT2D eigenvalue weighted by molar-refractivity contribution is -0.122. The van der Waals surface area contributed by atoms with Gasteiger partial charge in [-0.05, 0) is 18.2 Å². The lowest BCUT2D eigenvalue weighted by Crippen LogP contribution is -2.35. The third-order valence-electron chi connectivity index (χ3n) is 4.42. The first kappa shape index (κ1) is 20.6. The van der Waals surface area contributed by atoms with E-state index in [4.69, 9.17) is 16.3 Å². The third kappa shape index (κ3) is 4.40. The molecular formula is C19H17ClN4O4S2. The number of rotatable bonds is 4. The summed E-state index contributed by atoms with van der Waals surface area (Å²) in [6, 6.07) is 14.1. The number of ether oxygens (including phenoxy) is 1. The Morgan fingerprint density at radius 1 is 1.23 bits per heavy atom. The standard InChI is InChI=1S/C19H17ClN4O4S2/c1-30(26,27)24-10-9-16(28-15-8-7-13(20)11-14(15)24)17(25)21-19-23-22-18(29-19)12-5-3-2-4-6-12/h2-8,11,16H,9-10H2,1H3,(H,21,23,25)/t16-/m0/s1. The molecule has 4 rings (SSSR count). The van der Waals surface area contributed by atoms with Gasteiger partial charge in [-0.2, -0.15) is 0 Å². The van der Waals surface area contributed by atoms with Crippen LogP contribution in [0.4, 0.5) is 10.8 Å². The number of fused-ring (bicyclic) bond motifs is 1. The van der Waals surface area contributed by atoms with Crippen molar-refractivity contribution in [3.05, 3.63) is 53.6 Å². The molecule has 11 heteroatoms. The fraction of sp³-hybridized carbons (Fsp3) is 0.211. The van der Waals surface area contributed by atoms with Gasteiger partial charge in [-0.25, -0.2) is 8.42 Å². The van der Waals surface area contributed by atoms with Gasteiger partial charge in [0, 0.05) is 23.6 Å². The highest BCUT2D eigenvalue weighted by Crippen LogP contribution is 2.36. The Morgan fingerprint density at radius 2 is 2.00 bits per heavy atom. The van der Waals surface area contributed by atoms with E-state index in [9.17, 15) is 13.2 Å². The molecular weight excluding hydrogens is 448 g/mol. The number of halogens is 1. The van der Waals surface area contributed by atoms with Crippen LogP contribution in [0, 0.1) is 0 Å². The predicted octanol–water partition coefficient (Wildman–Crippen LogP) is 3.41. The Kier molecular flexibility index (Phi) is 5.63. The summed E-state index contributed by atoms with van der Waals surface area (Å²) in [5.41, 5.74) is 1.21. The van der Waals surface area contributed by atoms with Gasteiger partial charge in [0.05, 0.1) is 11.9 Å². The quantitative estimate of drug-likeness (QED) is 0.634. The molecule has 3 aromatic rings. The maximum atomic E-state index is 12.8. The highest BCUT2D eigenvalue weighted by molar-refractivity contribution is 7.92. The zero-order chi connectivity index (χ0) is 21.3. The molecule has 156 valence electrons. The second-order valence-corrected chi connectivity index (χ2v) is 9.93. The molecule has 0 unspecified atom stereocenters. The molecule has 1 aliphatic heterocycles. The number of amides is 1. The van der Waals surface area contributed by atoms with Crippen molar-refractivity contribution < 1.29 is 17.9 Å². The van der Waals surface area contributed by atoms with Gasteiger partial charge in [-0.3, -0.25) is 14.4 Å². The van der Waals surface area contributed by atoms with Crippen molar-refractivity contribution in [1.29, 1.82) is 0 Å². The molecule has 0 spiro atoms. The van der Waals surface area contributed by atoms with E-state index in [0.717, 1.165) is 11.8 Å². The number of carbonyl (C=O) groups is 1. The van der Waals surface area contributed by atoms with Crippen molar-refractivity contribution in [1.82, 2.24) is 10.2 Å². The smallest absolute Gasteiger partial charge is 0.267 e. The lowest BCUT2D eigenvalue weighted by atomic mass is 10.2. The summed E-state index contributed by atoms with van der Waals surface area (Å²) in [7, 11) is -3.57. The van der Waals surface area contributed by atoms with Crippen molar-refractivity contribution in [3.63, 3.8) is 0 Å². The number of anilines is 2. The average Bonchev–Trinajstić information content (AvgIpc) is 3.07. The number of hydrogen-bond donors (Lipinski definition) is 1. The van der Waals surface area contributed by atoms with Crippen molar-refractivity contribution in [3.8, 4) is 16.3 Å². The van der Waals surface area contributed by atoms with Crippen LogP contribution in [0.3, 0.4) is 0 Å². The molecule has 2 aromatic carbocycles. The molecule has 0 fully saturated rings. The van der Waals surface area contributed by atoms with Gasteiger partial charge in [0.15, 0.2) is 6.10 Å². The molecule has 0 radical (unpaired) electrons. The minimum Gasteiger partial charge on any atom is -0.478 e. The molecule has 1 aromatic heterocycles. The van der Waals surface area contributed by atoms with Crippen LogP contribution in [0.2, 0.25) is 5.02 Å². The zero-order valence-corrected chi connectivity index (χ0v) is 18.2. The molecule has 0 saturated heterocycles. The van der Waals surface area contributed by atoms with E-state index in [2.05, 4.69) is 15.5 Å². The predicted molar refractivity (Wildman–Crippen MR) is 117 cm³/mol. The molecule has 30 heavy (non-hydrogen) atoms. The summed E-state index contributed by atoms with van der Waals surface area (Å²) in [4.78, 5) is 12.8. The average molecular weight is 465 g/mol. The lowest BCUT2D eigenvalue weighted by Gasteiger charge is -2.21. The van der Waals surface area contributed by atoms with Gasteiger partial charge < -0.3 is 4.74 Å². The van der Waals surface area contributed by atoms with Gasteiger partial charge in [0.1, 0.15) is 10.8 Å². The summed E-state index contributed by atoms with van der Waals surface area (Å²) < 4.78 is 31.5. The Bertz CT molecular complexity index is 1180. The van der Waals surface area contributed by atoms with E-state index in [1.807, 2.05) is 30.3 Å². The summed E-state index contributed by atoms with van der Waals surface area (Å²) >= 11 is 7.28. The van der Waals surface area contributed by atoms with E-state index in [1.54, 1.807) is 12.1 Å². The van der Waals surface area contributed by atoms with Crippen LogP contribution in [-0.4, -0.2) is 43.4 Å². The second kappa shape index (κ2) is 8.21. The van der Waals surface area contributed by atoms with Gasteiger partial charge in [-0.15, -0.1) is 10.2 Å². The molecule has 2 heterocycles. The Hall–Kier alpha value is -2.69. The molecule has 8 nitrogen and oxygen atoms in total. The second-order valence-electron chi connectivity index (χ2n) is 6.61. The molecule has 1 aliphatic rings. The number of sulfonamides is 1. The Morgan fingerprint density at radius 3 is 2.73 bits per heavy atom. The molecule has 1 atom stereocenters. The highest BCUT2D eigenvalue weighted by atomic mass is 35.5. The van der Waals surface area contributed by atoms with Crippen LogP contribution < -0.4 is 14.4 Å². The molecule has 1 N–H and O–H groups in total. The maximum absolute atomic E-state index is 12.8. The number of aromatic nitrogens is 2.